The summed E-state index contributed by atoms with van der Waals surface area (Å²) in [5.74, 6) is 2.44. The number of para-hydroxylation sites is 1. The van der Waals surface area contributed by atoms with E-state index in [1.807, 2.05) is 35.2 Å². The maximum Gasteiger partial charge on any atom is 0.223 e. The maximum absolute atomic E-state index is 13.3. The summed E-state index contributed by atoms with van der Waals surface area (Å²) in [5.41, 5.74) is 4.37. The molecule has 2 aromatic carbocycles. The Morgan fingerprint density at radius 1 is 1.13 bits per heavy atom. The first kappa shape index (κ1) is 21.6. The molecule has 5 nitrogen and oxygen atoms in total. The Morgan fingerprint density at radius 3 is 2.74 bits per heavy atom. The van der Waals surface area contributed by atoms with Crippen LogP contribution in [0.5, 0.6) is 11.5 Å². The van der Waals surface area contributed by atoms with Crippen LogP contribution < -0.4 is 9.47 Å². The van der Waals surface area contributed by atoms with E-state index in [4.69, 9.17) is 21.1 Å². The van der Waals surface area contributed by atoms with Crippen LogP contribution in [0.25, 0.3) is 10.9 Å². The van der Waals surface area contributed by atoms with Gasteiger partial charge in [0, 0.05) is 41.0 Å². The average Bonchev–Trinajstić information content (AvgIpc) is 3.18. The summed E-state index contributed by atoms with van der Waals surface area (Å²) >= 11 is 5.80. The zero-order valence-corrected chi connectivity index (χ0v) is 18.9. The minimum Gasteiger partial charge on any atom is -0.497 e. The SMILES string of the molecule is COc1ccc2[nH]c3c(c2c1)CCN(C(=O)CCCCCCl)[C@@H]3c1ccccc1OC. The molecule has 1 aliphatic heterocycles. The van der Waals surface area contributed by atoms with Gasteiger partial charge in [0.1, 0.15) is 17.5 Å². The zero-order chi connectivity index (χ0) is 21.8. The summed E-state index contributed by atoms with van der Waals surface area (Å²) in [6.45, 7) is 0.675. The lowest BCUT2D eigenvalue weighted by molar-refractivity contribution is -0.133. The van der Waals surface area contributed by atoms with Crippen molar-refractivity contribution < 1.29 is 14.3 Å². The van der Waals surface area contributed by atoms with Crippen LogP contribution in [-0.4, -0.2) is 42.4 Å². The second-order valence-corrected chi connectivity index (χ2v) is 8.29. The number of alkyl halides is 1. The van der Waals surface area contributed by atoms with Gasteiger partial charge in [0.2, 0.25) is 5.91 Å². The lowest BCUT2D eigenvalue weighted by Gasteiger charge is -2.37. The summed E-state index contributed by atoms with van der Waals surface area (Å²) in [4.78, 5) is 18.9. The Labute approximate surface area is 188 Å². The lowest BCUT2D eigenvalue weighted by atomic mass is 9.91. The Kier molecular flexibility index (Phi) is 6.71. The number of ether oxygens (including phenoxy) is 2. The van der Waals surface area contributed by atoms with Crippen LogP contribution in [0.3, 0.4) is 0 Å². The number of H-pyrrole nitrogens is 1. The molecular weight excluding hydrogens is 412 g/mol. The van der Waals surface area contributed by atoms with Crippen LogP contribution in [0.4, 0.5) is 0 Å². The summed E-state index contributed by atoms with van der Waals surface area (Å²) in [7, 11) is 3.36. The van der Waals surface area contributed by atoms with Crippen LogP contribution in [0.1, 0.15) is 48.5 Å². The summed E-state index contributed by atoms with van der Waals surface area (Å²) in [6, 6.07) is 13.8. The normalized spacial score (nSPS) is 15.7. The lowest BCUT2D eigenvalue weighted by Crippen LogP contribution is -2.40. The zero-order valence-electron chi connectivity index (χ0n) is 18.1. The molecule has 0 aliphatic carbocycles. The third-order valence-corrected chi connectivity index (χ3v) is 6.38. The standard InChI is InChI=1S/C25H29ClN2O3/c1-30-17-11-12-21-20(16-17)18-13-15-28(23(29)10-4-3-7-14-26)25(24(18)27-21)19-8-5-6-9-22(19)31-2/h5-6,8-9,11-12,16,25,27H,3-4,7,10,13-15H2,1-2H3/t25-/m1/s1. The first-order valence-electron chi connectivity index (χ1n) is 10.8. The van der Waals surface area contributed by atoms with Gasteiger partial charge in [-0.1, -0.05) is 24.6 Å². The van der Waals surface area contributed by atoms with E-state index in [9.17, 15) is 4.79 Å². The molecule has 1 atom stereocenters. The molecule has 1 N–H and O–H groups in total. The number of nitrogens with zero attached hydrogens (tertiary/aromatic N) is 1. The second-order valence-electron chi connectivity index (χ2n) is 7.91. The van der Waals surface area contributed by atoms with Crippen molar-refractivity contribution in [3.63, 3.8) is 0 Å². The van der Waals surface area contributed by atoms with E-state index in [-0.39, 0.29) is 11.9 Å². The van der Waals surface area contributed by atoms with E-state index in [1.54, 1.807) is 14.2 Å². The third-order valence-electron chi connectivity index (χ3n) is 6.11. The number of benzene rings is 2. The van der Waals surface area contributed by atoms with Crippen molar-refractivity contribution in [2.24, 2.45) is 0 Å². The van der Waals surface area contributed by atoms with Crippen molar-refractivity contribution in [2.75, 3.05) is 26.6 Å². The van der Waals surface area contributed by atoms with E-state index in [2.05, 4.69) is 17.1 Å². The highest BCUT2D eigenvalue weighted by molar-refractivity contribution is 6.17. The van der Waals surface area contributed by atoms with Crippen LogP contribution in [0.2, 0.25) is 0 Å². The van der Waals surface area contributed by atoms with E-state index < -0.39 is 0 Å². The Morgan fingerprint density at radius 2 is 1.97 bits per heavy atom. The summed E-state index contributed by atoms with van der Waals surface area (Å²) in [5, 5.41) is 1.16. The number of methoxy groups -OCH3 is 2. The molecule has 0 radical (unpaired) electrons. The molecule has 3 aromatic rings. The summed E-state index contributed by atoms with van der Waals surface area (Å²) in [6.07, 6.45) is 4.11. The monoisotopic (exact) mass is 440 g/mol. The fraction of sp³-hybridized carbons (Fsp3) is 0.400. The van der Waals surface area contributed by atoms with Gasteiger partial charge in [-0.15, -0.1) is 11.6 Å². The van der Waals surface area contributed by atoms with Crippen LogP contribution in [-0.2, 0) is 11.2 Å². The third kappa shape index (κ3) is 4.24. The van der Waals surface area contributed by atoms with Crippen LogP contribution in [0, 0.1) is 0 Å². The molecule has 1 aliphatic rings. The molecule has 4 rings (SSSR count). The Bertz CT molecular complexity index is 1060. The van der Waals surface area contributed by atoms with Crippen molar-refractivity contribution >= 4 is 28.4 Å². The van der Waals surface area contributed by atoms with Crippen molar-refractivity contribution in [1.82, 2.24) is 9.88 Å². The van der Waals surface area contributed by atoms with Gasteiger partial charge in [-0.2, -0.15) is 0 Å². The number of nitrogens with one attached hydrogen (secondary N) is 1. The van der Waals surface area contributed by atoms with E-state index >= 15 is 0 Å². The highest BCUT2D eigenvalue weighted by Crippen LogP contribution is 2.42. The second kappa shape index (κ2) is 9.65. The Balaban J connectivity index is 1.77. The number of rotatable bonds is 8. The molecule has 0 bridgehead atoms. The first-order valence-corrected chi connectivity index (χ1v) is 11.4. The summed E-state index contributed by atoms with van der Waals surface area (Å²) < 4.78 is 11.1. The Hall–Kier alpha value is -2.66. The van der Waals surface area contributed by atoms with Crippen LogP contribution in [0.15, 0.2) is 42.5 Å². The minimum absolute atomic E-state index is 0.173. The molecular formula is C25H29ClN2O3. The van der Waals surface area contributed by atoms with Gasteiger partial charge in [0.15, 0.2) is 0 Å². The van der Waals surface area contributed by atoms with Gasteiger partial charge < -0.3 is 19.4 Å². The number of carbonyl (C=O) groups excluding carboxylic acids is 1. The number of hydrogen-bond donors (Lipinski definition) is 1. The van der Waals surface area contributed by atoms with Gasteiger partial charge in [0.25, 0.3) is 0 Å². The highest BCUT2D eigenvalue weighted by atomic mass is 35.5. The van der Waals surface area contributed by atoms with Gasteiger partial charge in [0.05, 0.1) is 14.2 Å². The number of aromatic nitrogens is 1. The van der Waals surface area contributed by atoms with Gasteiger partial charge in [-0.25, -0.2) is 0 Å². The van der Waals surface area contributed by atoms with Crippen molar-refractivity contribution in [1.29, 1.82) is 0 Å². The van der Waals surface area contributed by atoms with E-state index in [0.717, 1.165) is 59.3 Å². The fourth-order valence-electron chi connectivity index (χ4n) is 4.57. The van der Waals surface area contributed by atoms with Crippen molar-refractivity contribution in [3.8, 4) is 11.5 Å². The number of carbonyl (C=O) groups is 1. The molecule has 0 unspecified atom stereocenters. The average molecular weight is 441 g/mol. The van der Waals surface area contributed by atoms with Crippen molar-refractivity contribution in [2.45, 2.75) is 38.1 Å². The molecule has 0 spiro atoms. The highest BCUT2D eigenvalue weighted by Gasteiger charge is 2.35. The van der Waals surface area contributed by atoms with Gasteiger partial charge in [-0.05, 0) is 49.1 Å². The molecule has 1 amide bonds. The molecule has 0 saturated heterocycles. The van der Waals surface area contributed by atoms with Crippen LogP contribution >= 0.6 is 11.6 Å². The number of fused-ring (bicyclic) bond motifs is 3. The molecule has 6 heteroatoms. The van der Waals surface area contributed by atoms with Crippen molar-refractivity contribution in [3.05, 3.63) is 59.3 Å². The predicted molar refractivity (Wildman–Crippen MR) is 124 cm³/mol. The van der Waals surface area contributed by atoms with Gasteiger partial charge in [-0.3, -0.25) is 4.79 Å². The van der Waals surface area contributed by atoms with Gasteiger partial charge >= 0.3 is 0 Å². The maximum atomic E-state index is 13.3. The smallest absolute Gasteiger partial charge is 0.223 e. The topological polar surface area (TPSA) is 54.6 Å². The molecule has 1 aromatic heterocycles. The number of amides is 1. The molecule has 0 fully saturated rings. The molecule has 2 heterocycles. The minimum atomic E-state index is -0.209. The first-order chi connectivity index (χ1) is 15.2. The number of hydrogen-bond acceptors (Lipinski definition) is 3. The van der Waals surface area contributed by atoms with E-state index in [1.165, 1.54) is 5.56 Å². The molecule has 31 heavy (non-hydrogen) atoms. The number of unbranched alkanes of at least 4 members (excludes halogenated alkanes) is 2. The predicted octanol–water partition coefficient (Wildman–Crippen LogP) is 5.46. The fourth-order valence-corrected chi connectivity index (χ4v) is 4.76. The number of aromatic amines is 1. The van der Waals surface area contributed by atoms with E-state index in [0.29, 0.717) is 18.8 Å². The number of halogens is 1. The largest absolute Gasteiger partial charge is 0.497 e. The quantitative estimate of drug-likeness (QED) is 0.374. The molecule has 0 saturated carbocycles. The molecule has 164 valence electrons.